The fraction of sp³-hybridized carbons (Fsp3) is 0.304. The van der Waals surface area contributed by atoms with Crippen molar-refractivity contribution >= 4 is 33.2 Å². The first kappa shape index (κ1) is 20.4. The molecule has 1 aliphatic rings. The molecule has 0 aliphatic carbocycles. The summed E-state index contributed by atoms with van der Waals surface area (Å²) in [5.41, 5.74) is 2.16. The molecule has 4 heterocycles. The van der Waals surface area contributed by atoms with E-state index in [1.165, 1.54) is 0 Å². The molecule has 32 heavy (non-hydrogen) atoms. The van der Waals surface area contributed by atoms with Crippen molar-refractivity contribution in [2.24, 2.45) is 0 Å². The summed E-state index contributed by atoms with van der Waals surface area (Å²) < 4.78 is 10.9. The first-order valence-corrected chi connectivity index (χ1v) is 11.3. The van der Waals surface area contributed by atoms with E-state index in [1.54, 1.807) is 38.0 Å². The molecule has 1 aliphatic heterocycles. The Kier molecular flexibility index (Phi) is 5.48. The number of piperazine rings is 1. The lowest BCUT2D eigenvalue weighted by Crippen LogP contribution is -2.47. The number of thiophene rings is 1. The summed E-state index contributed by atoms with van der Waals surface area (Å²) in [4.78, 5) is 23.8. The Balaban J connectivity index is 1.51. The molecule has 4 aromatic rings. The van der Waals surface area contributed by atoms with E-state index in [-0.39, 0.29) is 0 Å². The van der Waals surface area contributed by atoms with Crippen LogP contribution in [0.4, 0.5) is 11.6 Å². The van der Waals surface area contributed by atoms with Crippen molar-refractivity contribution in [3.05, 3.63) is 48.0 Å². The summed E-state index contributed by atoms with van der Waals surface area (Å²) in [6.45, 7) is 5.37. The van der Waals surface area contributed by atoms with E-state index in [0.29, 0.717) is 11.5 Å². The predicted octanol–water partition coefficient (Wildman–Crippen LogP) is 3.80. The number of hydrogen-bond donors (Lipinski definition) is 0. The highest BCUT2D eigenvalue weighted by atomic mass is 32.1. The number of hydrogen-bond acceptors (Lipinski definition) is 9. The van der Waals surface area contributed by atoms with Gasteiger partial charge < -0.3 is 19.3 Å². The van der Waals surface area contributed by atoms with Gasteiger partial charge in [-0.2, -0.15) is 0 Å². The third-order valence-corrected chi connectivity index (χ3v) is 6.55. The normalized spacial score (nSPS) is 14.1. The van der Waals surface area contributed by atoms with Crippen LogP contribution in [-0.4, -0.2) is 60.3 Å². The van der Waals surface area contributed by atoms with Gasteiger partial charge in [0.1, 0.15) is 22.3 Å². The molecule has 0 amide bonds. The number of methoxy groups -OCH3 is 2. The molecular formula is C23H24N6O2S. The Bertz CT molecular complexity index is 1240. The van der Waals surface area contributed by atoms with Gasteiger partial charge in [-0.1, -0.05) is 6.07 Å². The lowest BCUT2D eigenvalue weighted by atomic mass is 10.0. The highest BCUT2D eigenvalue weighted by molar-refractivity contribution is 7.17. The molecule has 0 unspecified atom stereocenters. The number of benzene rings is 1. The third kappa shape index (κ3) is 3.69. The van der Waals surface area contributed by atoms with E-state index in [9.17, 15) is 0 Å². The van der Waals surface area contributed by atoms with Crippen LogP contribution in [0, 0.1) is 6.92 Å². The second-order valence-corrected chi connectivity index (χ2v) is 8.39. The van der Waals surface area contributed by atoms with E-state index < -0.39 is 0 Å². The van der Waals surface area contributed by atoms with E-state index >= 15 is 0 Å². The molecule has 8 nitrogen and oxygen atoms in total. The summed E-state index contributed by atoms with van der Waals surface area (Å²) in [6.07, 6.45) is 5.25. The Hall–Kier alpha value is -3.46. The highest BCUT2D eigenvalue weighted by Gasteiger charge is 2.24. The van der Waals surface area contributed by atoms with Gasteiger partial charge in [0.15, 0.2) is 11.5 Å². The van der Waals surface area contributed by atoms with E-state index in [0.717, 1.165) is 65.0 Å². The van der Waals surface area contributed by atoms with Gasteiger partial charge in [-0.05, 0) is 24.6 Å². The molecule has 1 saturated heterocycles. The zero-order valence-corrected chi connectivity index (χ0v) is 19.1. The number of aryl methyl sites for hydroxylation is 1. The molecule has 0 saturated carbocycles. The second-order valence-electron chi connectivity index (χ2n) is 7.53. The SMILES string of the molecule is COc1ccc(-c2csc3nc(C)nc(N4CCN(c5cnccn5)CC4)c23)cc1OC. The van der Waals surface area contributed by atoms with Gasteiger partial charge >= 0.3 is 0 Å². The summed E-state index contributed by atoms with van der Waals surface area (Å²) >= 11 is 1.64. The van der Waals surface area contributed by atoms with Gasteiger partial charge in [-0.25, -0.2) is 15.0 Å². The summed E-state index contributed by atoms with van der Waals surface area (Å²) in [5, 5.41) is 3.24. The molecule has 0 spiro atoms. The Morgan fingerprint density at radius 2 is 1.72 bits per heavy atom. The number of aromatic nitrogens is 4. The number of nitrogens with zero attached hydrogens (tertiary/aromatic N) is 6. The fourth-order valence-corrected chi connectivity index (χ4v) is 5.06. The van der Waals surface area contributed by atoms with Crippen molar-refractivity contribution in [3.63, 3.8) is 0 Å². The van der Waals surface area contributed by atoms with Crippen molar-refractivity contribution in [1.29, 1.82) is 0 Å². The van der Waals surface area contributed by atoms with Crippen molar-refractivity contribution in [1.82, 2.24) is 19.9 Å². The minimum atomic E-state index is 0.705. The van der Waals surface area contributed by atoms with Crippen LogP contribution in [0.5, 0.6) is 11.5 Å². The zero-order chi connectivity index (χ0) is 22.1. The van der Waals surface area contributed by atoms with Gasteiger partial charge in [0, 0.05) is 49.5 Å². The number of rotatable bonds is 5. The maximum atomic E-state index is 5.53. The molecule has 9 heteroatoms. The maximum Gasteiger partial charge on any atom is 0.161 e. The third-order valence-electron chi connectivity index (χ3n) is 5.67. The standard InChI is InChI=1S/C23H24N6O2S/c1-15-26-22(29-10-8-28(9-11-29)20-13-24-6-7-25-20)21-17(14-32-23(21)27-15)16-4-5-18(30-2)19(12-16)31-3/h4-7,12-14H,8-11H2,1-3H3. The van der Waals surface area contributed by atoms with Crippen molar-refractivity contribution in [2.45, 2.75) is 6.92 Å². The average molecular weight is 449 g/mol. The van der Waals surface area contributed by atoms with Crippen molar-refractivity contribution in [2.75, 3.05) is 50.2 Å². The molecule has 5 rings (SSSR count). The average Bonchev–Trinajstić information content (AvgIpc) is 3.27. The van der Waals surface area contributed by atoms with Crippen LogP contribution >= 0.6 is 11.3 Å². The van der Waals surface area contributed by atoms with E-state index in [2.05, 4.69) is 31.2 Å². The maximum absolute atomic E-state index is 5.53. The zero-order valence-electron chi connectivity index (χ0n) is 18.3. The summed E-state index contributed by atoms with van der Waals surface area (Å²) in [5.74, 6) is 4.10. The largest absolute Gasteiger partial charge is 0.493 e. The Morgan fingerprint density at radius 1 is 0.938 bits per heavy atom. The molecule has 1 fully saturated rings. The van der Waals surface area contributed by atoms with Crippen LogP contribution in [-0.2, 0) is 0 Å². The van der Waals surface area contributed by atoms with Gasteiger partial charge in [-0.3, -0.25) is 4.98 Å². The Morgan fingerprint density at radius 3 is 2.44 bits per heavy atom. The van der Waals surface area contributed by atoms with Crippen LogP contribution in [0.25, 0.3) is 21.3 Å². The monoisotopic (exact) mass is 448 g/mol. The topological polar surface area (TPSA) is 76.5 Å². The van der Waals surface area contributed by atoms with E-state index in [1.807, 2.05) is 25.3 Å². The van der Waals surface area contributed by atoms with Crippen LogP contribution < -0.4 is 19.3 Å². The van der Waals surface area contributed by atoms with Gasteiger partial charge in [-0.15, -0.1) is 11.3 Å². The molecule has 3 aromatic heterocycles. The van der Waals surface area contributed by atoms with Crippen molar-refractivity contribution in [3.8, 4) is 22.6 Å². The smallest absolute Gasteiger partial charge is 0.161 e. The lowest BCUT2D eigenvalue weighted by Gasteiger charge is -2.36. The van der Waals surface area contributed by atoms with Crippen LogP contribution in [0.3, 0.4) is 0 Å². The first-order chi connectivity index (χ1) is 15.7. The van der Waals surface area contributed by atoms with Gasteiger partial charge in [0.25, 0.3) is 0 Å². The van der Waals surface area contributed by atoms with Crippen LogP contribution in [0.2, 0.25) is 0 Å². The van der Waals surface area contributed by atoms with Crippen molar-refractivity contribution < 1.29 is 9.47 Å². The molecule has 0 radical (unpaired) electrons. The van der Waals surface area contributed by atoms with E-state index in [4.69, 9.17) is 19.4 Å². The summed E-state index contributed by atoms with van der Waals surface area (Å²) in [6, 6.07) is 6.00. The first-order valence-electron chi connectivity index (χ1n) is 10.4. The number of anilines is 2. The minimum Gasteiger partial charge on any atom is -0.493 e. The fourth-order valence-electron chi connectivity index (χ4n) is 4.07. The second kappa shape index (κ2) is 8.58. The minimum absolute atomic E-state index is 0.705. The molecule has 1 aromatic carbocycles. The highest BCUT2D eigenvalue weighted by Crippen LogP contribution is 2.41. The molecular weight excluding hydrogens is 424 g/mol. The quantitative estimate of drug-likeness (QED) is 0.456. The van der Waals surface area contributed by atoms with Gasteiger partial charge in [0.05, 0.1) is 25.8 Å². The summed E-state index contributed by atoms with van der Waals surface area (Å²) in [7, 11) is 3.30. The molecule has 164 valence electrons. The number of fused-ring (bicyclic) bond motifs is 1. The molecule has 0 atom stereocenters. The number of ether oxygens (including phenoxy) is 2. The molecule has 0 bridgehead atoms. The van der Waals surface area contributed by atoms with Crippen LogP contribution in [0.1, 0.15) is 5.82 Å². The van der Waals surface area contributed by atoms with Gasteiger partial charge in [0.2, 0.25) is 0 Å². The Labute approximate surface area is 190 Å². The lowest BCUT2D eigenvalue weighted by molar-refractivity contribution is 0.355. The molecule has 0 N–H and O–H groups in total. The predicted molar refractivity (Wildman–Crippen MR) is 127 cm³/mol. The van der Waals surface area contributed by atoms with Crippen LogP contribution in [0.15, 0.2) is 42.2 Å².